The summed E-state index contributed by atoms with van der Waals surface area (Å²) in [5.41, 5.74) is 4.27. The smallest absolute Gasteiger partial charge is 0.131 e. The molecule has 0 radical (unpaired) electrons. The van der Waals surface area contributed by atoms with Crippen molar-refractivity contribution < 1.29 is 5.11 Å². The van der Waals surface area contributed by atoms with E-state index in [1.165, 1.54) is 5.57 Å². The molecule has 2 aliphatic rings. The van der Waals surface area contributed by atoms with Crippen LogP contribution in [0.2, 0.25) is 0 Å². The molecule has 0 atom stereocenters. The number of hydrogen-bond acceptors (Lipinski definition) is 1. The zero-order valence-corrected chi connectivity index (χ0v) is 7.70. The van der Waals surface area contributed by atoms with E-state index in [4.69, 9.17) is 0 Å². The zero-order valence-electron chi connectivity index (χ0n) is 7.70. The lowest BCUT2D eigenvalue weighted by atomic mass is 9.98. The highest BCUT2D eigenvalue weighted by Crippen LogP contribution is 2.41. The van der Waals surface area contributed by atoms with E-state index in [0.717, 1.165) is 23.1 Å². The topological polar surface area (TPSA) is 20.2 Å². The molecule has 0 aromatic heterocycles. The minimum atomic E-state index is 0.419. The predicted octanol–water partition coefficient (Wildman–Crippen LogP) is 3.31. The lowest BCUT2D eigenvalue weighted by Gasteiger charge is -2.05. The summed E-state index contributed by atoms with van der Waals surface area (Å²) in [5, 5.41) is 9.96. The first-order chi connectivity index (χ1) is 6.88. The molecular weight excluding hydrogens is 172 g/mol. The normalized spacial score (nSPS) is 17.9. The molecule has 0 heterocycles. The number of allylic oxidation sites excluding steroid dienone is 5. The van der Waals surface area contributed by atoms with Crippen molar-refractivity contribution in [2.24, 2.45) is 0 Å². The third-order valence-corrected chi connectivity index (χ3v) is 2.76. The van der Waals surface area contributed by atoms with Gasteiger partial charge < -0.3 is 5.11 Å². The summed E-state index contributed by atoms with van der Waals surface area (Å²) in [6, 6.07) is 7.99. The highest BCUT2D eigenvalue weighted by molar-refractivity contribution is 6.00. The van der Waals surface area contributed by atoms with Crippen molar-refractivity contribution in [1.82, 2.24) is 0 Å². The van der Waals surface area contributed by atoms with Gasteiger partial charge in [-0.2, -0.15) is 0 Å². The van der Waals surface area contributed by atoms with E-state index < -0.39 is 0 Å². The van der Waals surface area contributed by atoms with Crippen LogP contribution in [0.3, 0.4) is 0 Å². The lowest BCUT2D eigenvalue weighted by Crippen LogP contribution is -1.85. The fourth-order valence-corrected chi connectivity index (χ4v) is 2.10. The summed E-state index contributed by atoms with van der Waals surface area (Å²) in [7, 11) is 0. The van der Waals surface area contributed by atoms with Gasteiger partial charge in [0.25, 0.3) is 0 Å². The molecule has 0 aliphatic heterocycles. The fourth-order valence-electron chi connectivity index (χ4n) is 2.10. The molecule has 1 aromatic rings. The van der Waals surface area contributed by atoms with Crippen LogP contribution in [0, 0.1) is 0 Å². The van der Waals surface area contributed by atoms with Gasteiger partial charge in [-0.1, -0.05) is 42.5 Å². The molecule has 0 unspecified atom stereocenters. The molecule has 0 saturated carbocycles. The van der Waals surface area contributed by atoms with Crippen molar-refractivity contribution in [2.75, 3.05) is 0 Å². The van der Waals surface area contributed by atoms with Crippen LogP contribution < -0.4 is 0 Å². The second-order valence-corrected chi connectivity index (χ2v) is 3.56. The van der Waals surface area contributed by atoms with Crippen molar-refractivity contribution in [3.05, 3.63) is 59.2 Å². The Balaban J connectivity index is 2.33. The Morgan fingerprint density at radius 2 is 1.86 bits per heavy atom. The highest BCUT2D eigenvalue weighted by atomic mass is 16.3. The zero-order chi connectivity index (χ0) is 9.54. The van der Waals surface area contributed by atoms with E-state index >= 15 is 0 Å². The summed E-state index contributed by atoms with van der Waals surface area (Å²) >= 11 is 0. The molecule has 0 bridgehead atoms. The lowest BCUT2D eigenvalue weighted by molar-refractivity contribution is 0.511. The largest absolute Gasteiger partial charge is 0.507 e. The van der Waals surface area contributed by atoms with Gasteiger partial charge in [0, 0.05) is 11.1 Å². The quantitative estimate of drug-likeness (QED) is 0.652. The van der Waals surface area contributed by atoms with Crippen LogP contribution in [0.5, 0.6) is 0 Å². The predicted molar refractivity (Wildman–Crippen MR) is 57.7 cm³/mol. The van der Waals surface area contributed by atoms with Gasteiger partial charge in [-0.25, -0.2) is 0 Å². The van der Waals surface area contributed by atoms with Crippen LogP contribution >= 0.6 is 0 Å². The molecule has 0 spiro atoms. The van der Waals surface area contributed by atoms with Crippen LogP contribution in [-0.2, 0) is 0 Å². The molecule has 2 aliphatic carbocycles. The minimum absolute atomic E-state index is 0.419. The van der Waals surface area contributed by atoms with Crippen LogP contribution in [0.1, 0.15) is 17.5 Å². The Bertz CT molecular complexity index is 490. The van der Waals surface area contributed by atoms with Crippen molar-refractivity contribution in [3.63, 3.8) is 0 Å². The Labute approximate surface area is 82.7 Å². The molecule has 0 fully saturated rings. The highest BCUT2D eigenvalue weighted by Gasteiger charge is 2.24. The van der Waals surface area contributed by atoms with E-state index in [1.807, 2.05) is 24.3 Å². The second-order valence-electron chi connectivity index (χ2n) is 3.56. The first kappa shape index (κ1) is 7.63. The molecule has 1 aromatic carbocycles. The van der Waals surface area contributed by atoms with Crippen molar-refractivity contribution in [1.29, 1.82) is 0 Å². The third kappa shape index (κ3) is 0.841. The first-order valence-corrected chi connectivity index (χ1v) is 4.78. The van der Waals surface area contributed by atoms with Gasteiger partial charge in [0.05, 0.1) is 0 Å². The number of aliphatic hydroxyl groups is 1. The van der Waals surface area contributed by atoms with Crippen LogP contribution in [0.15, 0.2) is 48.1 Å². The maximum absolute atomic E-state index is 9.96. The van der Waals surface area contributed by atoms with E-state index in [0.29, 0.717) is 5.76 Å². The van der Waals surface area contributed by atoms with Gasteiger partial charge in [-0.15, -0.1) is 0 Å². The van der Waals surface area contributed by atoms with Gasteiger partial charge in [0.15, 0.2) is 0 Å². The molecule has 0 saturated heterocycles. The molecule has 14 heavy (non-hydrogen) atoms. The molecular formula is C13H10O. The number of hydrogen-bond donors (Lipinski definition) is 1. The minimum Gasteiger partial charge on any atom is -0.507 e. The van der Waals surface area contributed by atoms with E-state index in [2.05, 4.69) is 18.2 Å². The number of rotatable bonds is 0. The second kappa shape index (κ2) is 2.61. The maximum atomic E-state index is 9.96. The fraction of sp³-hybridized carbons (Fsp3) is 0.0769. The van der Waals surface area contributed by atoms with Crippen LogP contribution in [-0.4, -0.2) is 5.11 Å². The SMILES string of the molecule is OC1=C2C=CCC=C2c2ccccc21. The molecule has 0 amide bonds. The molecule has 1 heteroatoms. The van der Waals surface area contributed by atoms with E-state index in [9.17, 15) is 5.11 Å². The summed E-state index contributed by atoms with van der Waals surface area (Å²) in [4.78, 5) is 0. The number of benzene rings is 1. The average molecular weight is 182 g/mol. The van der Waals surface area contributed by atoms with Gasteiger partial charge in [0.2, 0.25) is 0 Å². The Hall–Kier alpha value is -1.76. The van der Waals surface area contributed by atoms with Crippen LogP contribution in [0.4, 0.5) is 0 Å². The molecule has 1 N–H and O–H groups in total. The molecule has 68 valence electrons. The van der Waals surface area contributed by atoms with Crippen molar-refractivity contribution in [2.45, 2.75) is 6.42 Å². The molecule has 3 rings (SSSR count). The first-order valence-electron chi connectivity index (χ1n) is 4.78. The van der Waals surface area contributed by atoms with E-state index in [-0.39, 0.29) is 0 Å². The summed E-state index contributed by atoms with van der Waals surface area (Å²) in [5.74, 6) is 0.419. The monoisotopic (exact) mass is 182 g/mol. The molecule has 1 nitrogen and oxygen atoms in total. The van der Waals surface area contributed by atoms with Crippen molar-refractivity contribution in [3.8, 4) is 0 Å². The Morgan fingerprint density at radius 3 is 2.71 bits per heavy atom. The summed E-state index contributed by atoms with van der Waals surface area (Å²) in [6.07, 6.45) is 7.20. The van der Waals surface area contributed by atoms with E-state index in [1.54, 1.807) is 0 Å². The standard InChI is InChI=1S/C13H10O/c14-13-11-7-3-1-5-9(11)10-6-2-4-8-12(10)13/h1,3-8,14H,2H2. The summed E-state index contributed by atoms with van der Waals surface area (Å²) < 4.78 is 0. The maximum Gasteiger partial charge on any atom is 0.131 e. The number of aliphatic hydroxyl groups excluding tert-OH is 1. The van der Waals surface area contributed by atoms with Gasteiger partial charge in [0.1, 0.15) is 5.76 Å². The third-order valence-electron chi connectivity index (χ3n) is 2.76. The number of fused-ring (bicyclic) bond motifs is 3. The summed E-state index contributed by atoms with van der Waals surface area (Å²) in [6.45, 7) is 0. The van der Waals surface area contributed by atoms with Gasteiger partial charge >= 0.3 is 0 Å². The van der Waals surface area contributed by atoms with Gasteiger partial charge in [-0.3, -0.25) is 0 Å². The Kier molecular flexibility index (Phi) is 1.42. The van der Waals surface area contributed by atoms with Crippen LogP contribution in [0.25, 0.3) is 11.3 Å². The average Bonchev–Trinajstić information content (AvgIpc) is 2.55. The Morgan fingerprint density at radius 1 is 1.07 bits per heavy atom. The van der Waals surface area contributed by atoms with Gasteiger partial charge in [-0.05, 0) is 17.6 Å². The van der Waals surface area contributed by atoms with Crippen molar-refractivity contribution >= 4 is 11.3 Å².